The van der Waals surface area contributed by atoms with E-state index in [2.05, 4.69) is 14.9 Å². The summed E-state index contributed by atoms with van der Waals surface area (Å²) in [6.45, 7) is 4.83. The van der Waals surface area contributed by atoms with E-state index in [4.69, 9.17) is 4.74 Å². The quantitative estimate of drug-likeness (QED) is 0.697. The number of likely N-dealkylation sites (tertiary alicyclic amines) is 1. The van der Waals surface area contributed by atoms with Gasteiger partial charge in [-0.25, -0.2) is 9.97 Å². The molecule has 9 heteroatoms. The van der Waals surface area contributed by atoms with E-state index < -0.39 is 6.10 Å². The highest BCUT2D eigenvalue weighted by molar-refractivity contribution is 5.86. The first-order chi connectivity index (χ1) is 16.2. The second kappa shape index (κ2) is 9.64. The minimum Gasteiger partial charge on any atom is -0.477 e. The Morgan fingerprint density at radius 2 is 1.61 bits per heavy atom. The van der Waals surface area contributed by atoms with Gasteiger partial charge in [-0.3, -0.25) is 9.59 Å². The molecule has 2 saturated heterocycles. The molecule has 0 bridgehead atoms. The zero-order chi connectivity index (χ0) is 22.6. The maximum atomic E-state index is 13.2. The van der Waals surface area contributed by atoms with Gasteiger partial charge in [0.25, 0.3) is 5.91 Å². The molecule has 4 heterocycles. The zero-order valence-corrected chi connectivity index (χ0v) is 18.8. The molecule has 2 fully saturated rings. The van der Waals surface area contributed by atoms with Crippen LogP contribution in [0.5, 0.6) is 5.75 Å². The molecule has 1 aromatic carbocycles. The Bertz CT molecular complexity index is 973. The zero-order valence-electron chi connectivity index (χ0n) is 18.8. The van der Waals surface area contributed by atoms with Crippen molar-refractivity contribution in [3.05, 3.63) is 42.7 Å². The second-order valence-corrected chi connectivity index (χ2v) is 8.76. The van der Waals surface area contributed by atoms with Gasteiger partial charge in [0.05, 0.1) is 18.8 Å². The number of nitrogens with zero attached hydrogens (tertiary/aromatic N) is 6. The summed E-state index contributed by atoms with van der Waals surface area (Å²) in [5.74, 6) is 1.45. The fourth-order valence-electron chi connectivity index (χ4n) is 4.78. The molecule has 1 aromatic heterocycles. The summed E-state index contributed by atoms with van der Waals surface area (Å²) < 4.78 is 6.09. The standard InChI is InChI=1S/C24H30N6O3/c31-22(27-13-15-29(16-14-27)24-25-9-6-10-26-24)18-30-17-21(23(32)28-11-4-1-5-12-28)33-20-8-3-2-7-19(20)30/h2-3,6-10,21H,1,4-5,11-18H2. The molecular formula is C24H30N6O3. The van der Waals surface area contributed by atoms with Gasteiger partial charge in [0, 0.05) is 51.7 Å². The van der Waals surface area contributed by atoms with Crippen LogP contribution in [0.4, 0.5) is 11.6 Å². The smallest absolute Gasteiger partial charge is 0.265 e. The molecule has 0 N–H and O–H groups in total. The highest BCUT2D eigenvalue weighted by Crippen LogP contribution is 2.33. The lowest BCUT2D eigenvalue weighted by atomic mass is 10.1. The number of fused-ring (bicyclic) bond motifs is 1. The van der Waals surface area contributed by atoms with Gasteiger partial charge in [-0.05, 0) is 37.5 Å². The predicted molar refractivity (Wildman–Crippen MR) is 124 cm³/mol. The van der Waals surface area contributed by atoms with Crippen molar-refractivity contribution in [1.29, 1.82) is 0 Å². The first kappa shape index (κ1) is 21.5. The maximum absolute atomic E-state index is 13.2. The number of para-hydroxylation sites is 2. The number of hydrogen-bond donors (Lipinski definition) is 0. The number of aromatic nitrogens is 2. The van der Waals surface area contributed by atoms with Crippen LogP contribution < -0.4 is 14.5 Å². The highest BCUT2D eigenvalue weighted by atomic mass is 16.5. The Kier molecular flexibility index (Phi) is 6.28. The van der Waals surface area contributed by atoms with Gasteiger partial charge in [0.1, 0.15) is 5.75 Å². The minimum atomic E-state index is -0.585. The molecular weight excluding hydrogens is 420 g/mol. The Labute approximate surface area is 193 Å². The van der Waals surface area contributed by atoms with E-state index in [1.807, 2.05) is 39.0 Å². The first-order valence-electron chi connectivity index (χ1n) is 11.8. The molecule has 1 atom stereocenters. The van der Waals surface area contributed by atoms with Gasteiger partial charge >= 0.3 is 0 Å². The summed E-state index contributed by atoms with van der Waals surface area (Å²) in [5.41, 5.74) is 0.866. The summed E-state index contributed by atoms with van der Waals surface area (Å²) in [6.07, 6.45) is 6.13. The molecule has 1 unspecified atom stereocenters. The summed E-state index contributed by atoms with van der Waals surface area (Å²) in [6, 6.07) is 9.46. The molecule has 33 heavy (non-hydrogen) atoms. The van der Waals surface area contributed by atoms with Gasteiger partial charge < -0.3 is 24.3 Å². The van der Waals surface area contributed by atoms with E-state index in [0.29, 0.717) is 44.4 Å². The lowest BCUT2D eigenvalue weighted by Gasteiger charge is -2.40. The maximum Gasteiger partial charge on any atom is 0.265 e. The molecule has 3 aliphatic rings. The average molecular weight is 451 g/mol. The third kappa shape index (κ3) is 4.72. The fourth-order valence-corrected chi connectivity index (χ4v) is 4.78. The number of rotatable bonds is 4. The van der Waals surface area contributed by atoms with Crippen molar-refractivity contribution in [2.24, 2.45) is 0 Å². The normalized spacial score (nSPS) is 20.8. The van der Waals surface area contributed by atoms with E-state index in [1.165, 1.54) is 6.42 Å². The van der Waals surface area contributed by atoms with Crippen molar-refractivity contribution in [3.8, 4) is 5.75 Å². The van der Waals surface area contributed by atoms with Gasteiger partial charge in [0.2, 0.25) is 11.9 Å². The molecule has 2 amide bonds. The third-order valence-corrected chi connectivity index (χ3v) is 6.60. The summed E-state index contributed by atoms with van der Waals surface area (Å²) >= 11 is 0. The van der Waals surface area contributed by atoms with Crippen LogP contribution in [0.2, 0.25) is 0 Å². The summed E-state index contributed by atoms with van der Waals surface area (Å²) in [7, 11) is 0. The number of ether oxygens (including phenoxy) is 1. The molecule has 2 aromatic rings. The van der Waals surface area contributed by atoms with E-state index >= 15 is 0 Å². The predicted octanol–water partition coefficient (Wildman–Crippen LogP) is 1.41. The van der Waals surface area contributed by atoms with Crippen LogP contribution in [0.25, 0.3) is 0 Å². The molecule has 9 nitrogen and oxygen atoms in total. The number of anilines is 2. The lowest BCUT2D eigenvalue weighted by molar-refractivity contribution is -0.140. The Balaban J connectivity index is 1.24. The van der Waals surface area contributed by atoms with Crippen molar-refractivity contribution in [3.63, 3.8) is 0 Å². The number of amides is 2. The van der Waals surface area contributed by atoms with E-state index in [0.717, 1.165) is 31.6 Å². The van der Waals surface area contributed by atoms with Crippen molar-refractivity contribution in [2.75, 3.05) is 62.2 Å². The Morgan fingerprint density at radius 1 is 0.879 bits per heavy atom. The van der Waals surface area contributed by atoms with Gasteiger partial charge in [0.15, 0.2) is 6.10 Å². The molecule has 0 radical (unpaired) electrons. The molecule has 174 valence electrons. The highest BCUT2D eigenvalue weighted by Gasteiger charge is 2.35. The number of carbonyl (C=O) groups is 2. The van der Waals surface area contributed by atoms with Crippen LogP contribution in [0.3, 0.4) is 0 Å². The van der Waals surface area contributed by atoms with Gasteiger partial charge in [-0.15, -0.1) is 0 Å². The van der Waals surface area contributed by atoms with Crippen molar-refractivity contribution in [1.82, 2.24) is 19.8 Å². The summed E-state index contributed by atoms with van der Waals surface area (Å²) in [5, 5.41) is 0. The van der Waals surface area contributed by atoms with Crippen LogP contribution in [0.1, 0.15) is 19.3 Å². The molecule has 0 spiro atoms. The Hall–Kier alpha value is -3.36. The van der Waals surface area contributed by atoms with Crippen LogP contribution in [-0.2, 0) is 9.59 Å². The summed E-state index contributed by atoms with van der Waals surface area (Å²) in [4.78, 5) is 42.8. The largest absolute Gasteiger partial charge is 0.477 e. The number of piperazine rings is 1. The van der Waals surface area contributed by atoms with Crippen molar-refractivity contribution >= 4 is 23.5 Å². The number of hydrogen-bond acceptors (Lipinski definition) is 7. The van der Waals surface area contributed by atoms with E-state index in [1.54, 1.807) is 18.5 Å². The molecule has 0 aliphatic carbocycles. The average Bonchev–Trinajstić information content (AvgIpc) is 2.89. The molecule has 3 aliphatic heterocycles. The van der Waals surface area contributed by atoms with Crippen molar-refractivity contribution in [2.45, 2.75) is 25.4 Å². The SMILES string of the molecule is O=C(CN1CC(C(=O)N2CCCCC2)Oc2ccccc21)N1CCN(c2ncccn2)CC1. The van der Waals surface area contributed by atoms with Crippen LogP contribution in [0.15, 0.2) is 42.7 Å². The van der Waals surface area contributed by atoms with Crippen LogP contribution in [-0.4, -0.2) is 90.0 Å². The number of carbonyl (C=O) groups excluding carboxylic acids is 2. The monoisotopic (exact) mass is 450 g/mol. The van der Waals surface area contributed by atoms with Gasteiger partial charge in [-0.2, -0.15) is 0 Å². The van der Waals surface area contributed by atoms with E-state index in [-0.39, 0.29) is 18.4 Å². The third-order valence-electron chi connectivity index (χ3n) is 6.60. The van der Waals surface area contributed by atoms with Gasteiger partial charge in [-0.1, -0.05) is 12.1 Å². The minimum absolute atomic E-state index is 0.0260. The molecule has 5 rings (SSSR count). The van der Waals surface area contributed by atoms with Crippen LogP contribution in [0, 0.1) is 0 Å². The number of benzene rings is 1. The topological polar surface area (TPSA) is 82.1 Å². The van der Waals surface area contributed by atoms with E-state index in [9.17, 15) is 9.59 Å². The fraction of sp³-hybridized carbons (Fsp3) is 0.500. The number of piperidine rings is 1. The molecule has 0 saturated carbocycles. The van der Waals surface area contributed by atoms with Crippen LogP contribution >= 0.6 is 0 Å². The lowest BCUT2D eigenvalue weighted by Crippen LogP contribution is -2.55. The Morgan fingerprint density at radius 3 is 2.36 bits per heavy atom. The first-order valence-corrected chi connectivity index (χ1v) is 11.8. The second-order valence-electron chi connectivity index (χ2n) is 8.76. The van der Waals surface area contributed by atoms with Crippen molar-refractivity contribution < 1.29 is 14.3 Å².